The normalized spacial score (nSPS) is 11.9. The van der Waals surface area contributed by atoms with E-state index in [0.29, 0.717) is 17.6 Å². The molecule has 6 heteroatoms. The minimum atomic E-state index is 0.535. The van der Waals surface area contributed by atoms with Crippen molar-refractivity contribution < 1.29 is 4.42 Å². The first-order valence-corrected chi connectivity index (χ1v) is 21.1. The van der Waals surface area contributed by atoms with Crippen molar-refractivity contribution in [2.24, 2.45) is 0 Å². The second-order valence-electron chi connectivity index (χ2n) is 15.8. The summed E-state index contributed by atoms with van der Waals surface area (Å²) in [6.07, 6.45) is 3.35. The monoisotopic (exact) mass is 785 g/mol. The highest BCUT2D eigenvalue weighted by atomic mass is 16.3. The number of unbranched alkanes of at least 4 members (excludes halogenated alkanes) is 1. The number of hydrogen-bond donors (Lipinski definition) is 0. The molecule has 12 aromatic rings. The Morgan fingerprint density at radius 1 is 0.459 bits per heavy atom. The smallest absolute Gasteiger partial charge is 0.238 e. The van der Waals surface area contributed by atoms with Crippen LogP contribution in [0.5, 0.6) is 0 Å². The van der Waals surface area contributed by atoms with Gasteiger partial charge in [-0.1, -0.05) is 153 Å². The van der Waals surface area contributed by atoms with Gasteiger partial charge in [-0.15, -0.1) is 0 Å². The van der Waals surface area contributed by atoms with Gasteiger partial charge in [0.05, 0.1) is 27.6 Å². The molecule has 0 aliphatic heterocycles. The Morgan fingerprint density at radius 3 is 1.84 bits per heavy atom. The van der Waals surface area contributed by atoms with E-state index in [0.717, 1.165) is 102 Å². The second kappa shape index (κ2) is 14.2. The highest BCUT2D eigenvalue weighted by molar-refractivity contribution is 6.23. The molecule has 0 saturated heterocycles. The molecule has 61 heavy (non-hydrogen) atoms. The molecule has 8 aromatic carbocycles. The van der Waals surface area contributed by atoms with Crippen molar-refractivity contribution >= 4 is 65.6 Å². The van der Waals surface area contributed by atoms with E-state index in [2.05, 4.69) is 180 Å². The van der Waals surface area contributed by atoms with E-state index in [1.807, 2.05) is 18.2 Å². The Balaban J connectivity index is 1.17. The lowest BCUT2D eigenvalue weighted by molar-refractivity contribution is 0.669. The van der Waals surface area contributed by atoms with Crippen molar-refractivity contribution in [3.8, 4) is 45.5 Å². The standard InChI is InChI=1S/C55H39N5O/c1-2-3-16-35-29-32-49-46(33-35)44-25-15-26-45(52(44)61-49)54-56-53(37-19-8-5-9-20-37)57-55(58-54)60-48-28-13-11-24-41(48)43-31-30-42-40-23-10-12-27-47(40)59(50(42)51(43)60)39-22-14-21-38(34-39)36-17-6-4-7-18-36/h4-15,17-34H,2-3,16H2,1H3. The molecule has 0 bridgehead atoms. The minimum Gasteiger partial charge on any atom is -0.455 e. The van der Waals surface area contributed by atoms with Crippen molar-refractivity contribution in [1.29, 1.82) is 0 Å². The highest BCUT2D eigenvalue weighted by Crippen LogP contribution is 2.43. The zero-order chi connectivity index (χ0) is 40.4. The number of nitrogens with zero attached hydrogens (tertiary/aromatic N) is 5. The Kier molecular flexibility index (Phi) is 8.17. The van der Waals surface area contributed by atoms with Crippen LogP contribution in [0.1, 0.15) is 25.3 Å². The van der Waals surface area contributed by atoms with E-state index < -0.39 is 0 Å². The van der Waals surface area contributed by atoms with Gasteiger partial charge < -0.3 is 8.98 Å². The molecule has 12 rings (SSSR count). The number of aryl methyl sites for hydroxylation is 1. The zero-order valence-electron chi connectivity index (χ0n) is 33.6. The van der Waals surface area contributed by atoms with Gasteiger partial charge in [0, 0.05) is 43.6 Å². The predicted octanol–water partition coefficient (Wildman–Crippen LogP) is 14.3. The average Bonchev–Trinajstić information content (AvgIpc) is 3.99. The molecule has 0 radical (unpaired) electrons. The van der Waals surface area contributed by atoms with Crippen LogP contribution in [-0.2, 0) is 6.42 Å². The van der Waals surface area contributed by atoms with Crippen LogP contribution in [-0.4, -0.2) is 24.1 Å². The van der Waals surface area contributed by atoms with E-state index >= 15 is 0 Å². The van der Waals surface area contributed by atoms with Gasteiger partial charge in [-0.25, -0.2) is 4.98 Å². The third kappa shape index (κ3) is 5.67. The lowest BCUT2D eigenvalue weighted by Crippen LogP contribution is -2.07. The quantitative estimate of drug-likeness (QED) is 0.154. The lowest BCUT2D eigenvalue weighted by atomic mass is 10.0. The number of fused-ring (bicyclic) bond motifs is 10. The predicted molar refractivity (Wildman–Crippen MR) is 251 cm³/mol. The van der Waals surface area contributed by atoms with Crippen LogP contribution < -0.4 is 0 Å². The summed E-state index contributed by atoms with van der Waals surface area (Å²) in [4.78, 5) is 16.0. The fourth-order valence-corrected chi connectivity index (χ4v) is 9.29. The number of hydrogen-bond acceptors (Lipinski definition) is 4. The van der Waals surface area contributed by atoms with E-state index in [4.69, 9.17) is 19.4 Å². The maximum Gasteiger partial charge on any atom is 0.238 e. The molecule has 0 atom stereocenters. The molecule has 6 nitrogen and oxygen atoms in total. The van der Waals surface area contributed by atoms with Crippen molar-refractivity contribution in [3.05, 3.63) is 188 Å². The van der Waals surface area contributed by atoms with E-state index in [9.17, 15) is 0 Å². The number of aromatic nitrogens is 5. The van der Waals surface area contributed by atoms with Crippen molar-refractivity contribution in [2.45, 2.75) is 26.2 Å². The number of benzene rings is 8. The van der Waals surface area contributed by atoms with Crippen molar-refractivity contribution in [3.63, 3.8) is 0 Å². The third-order valence-corrected chi connectivity index (χ3v) is 12.2. The summed E-state index contributed by atoms with van der Waals surface area (Å²) in [6, 6.07) is 64.3. The second-order valence-corrected chi connectivity index (χ2v) is 15.8. The summed E-state index contributed by atoms with van der Waals surface area (Å²) in [7, 11) is 0. The molecule has 0 N–H and O–H groups in total. The fraction of sp³-hybridized carbons (Fsp3) is 0.0727. The Bertz CT molecular complexity index is 3630. The SMILES string of the molecule is CCCCc1ccc2oc3c(-c4nc(-c5ccccc5)nc(-n5c6ccccc6c6ccc7c8ccccc8n(-c8cccc(-c9ccccc9)c8)c7c65)n4)cccc3c2c1. The Hall–Kier alpha value is -7.83. The molecule has 0 fully saturated rings. The van der Waals surface area contributed by atoms with Gasteiger partial charge in [0.15, 0.2) is 11.6 Å². The fourth-order valence-electron chi connectivity index (χ4n) is 9.29. The van der Waals surface area contributed by atoms with E-state index in [1.165, 1.54) is 16.5 Å². The first-order valence-electron chi connectivity index (χ1n) is 21.1. The highest BCUT2D eigenvalue weighted by Gasteiger charge is 2.24. The van der Waals surface area contributed by atoms with Gasteiger partial charge in [-0.2, -0.15) is 9.97 Å². The summed E-state index contributed by atoms with van der Waals surface area (Å²) in [6.45, 7) is 2.23. The molecule has 290 valence electrons. The Morgan fingerprint density at radius 2 is 1.08 bits per heavy atom. The third-order valence-electron chi connectivity index (χ3n) is 12.2. The molecule has 4 heterocycles. The lowest BCUT2D eigenvalue weighted by Gasteiger charge is -2.14. The van der Waals surface area contributed by atoms with Crippen LogP contribution in [0.25, 0.3) is 111 Å². The van der Waals surface area contributed by atoms with Crippen LogP contribution in [0.3, 0.4) is 0 Å². The topological polar surface area (TPSA) is 61.7 Å². The largest absolute Gasteiger partial charge is 0.455 e. The van der Waals surface area contributed by atoms with Gasteiger partial charge in [-0.3, -0.25) is 4.57 Å². The molecular weight excluding hydrogens is 747 g/mol. The molecule has 0 amide bonds. The first kappa shape index (κ1) is 35.1. The summed E-state index contributed by atoms with van der Waals surface area (Å²) in [5, 5.41) is 6.73. The van der Waals surface area contributed by atoms with Gasteiger partial charge in [0.2, 0.25) is 5.95 Å². The van der Waals surface area contributed by atoms with Crippen molar-refractivity contribution in [2.75, 3.05) is 0 Å². The van der Waals surface area contributed by atoms with Crippen molar-refractivity contribution in [1.82, 2.24) is 24.1 Å². The number of furan rings is 1. The summed E-state index contributed by atoms with van der Waals surface area (Å²) < 4.78 is 11.4. The summed E-state index contributed by atoms with van der Waals surface area (Å²) >= 11 is 0. The molecule has 4 aromatic heterocycles. The number of rotatable bonds is 8. The Labute approximate surface area is 352 Å². The van der Waals surface area contributed by atoms with Gasteiger partial charge in [-0.05, 0) is 72.0 Å². The molecule has 0 saturated carbocycles. The van der Waals surface area contributed by atoms with Crippen LogP contribution in [0.4, 0.5) is 0 Å². The molecule has 0 spiro atoms. The van der Waals surface area contributed by atoms with Crippen LogP contribution in [0.2, 0.25) is 0 Å². The maximum atomic E-state index is 6.70. The van der Waals surface area contributed by atoms with Crippen LogP contribution >= 0.6 is 0 Å². The van der Waals surface area contributed by atoms with E-state index in [1.54, 1.807) is 0 Å². The minimum absolute atomic E-state index is 0.535. The average molecular weight is 786 g/mol. The summed E-state index contributed by atoms with van der Waals surface area (Å²) in [5.41, 5.74) is 12.3. The van der Waals surface area contributed by atoms with Crippen LogP contribution in [0, 0.1) is 0 Å². The molecule has 0 aliphatic rings. The zero-order valence-corrected chi connectivity index (χ0v) is 33.6. The molecule has 0 unspecified atom stereocenters. The van der Waals surface area contributed by atoms with Gasteiger partial charge in [0.1, 0.15) is 11.2 Å². The number of para-hydroxylation sites is 3. The molecule has 0 aliphatic carbocycles. The maximum absolute atomic E-state index is 6.70. The van der Waals surface area contributed by atoms with Crippen LogP contribution in [0.15, 0.2) is 186 Å². The van der Waals surface area contributed by atoms with Gasteiger partial charge in [0.25, 0.3) is 0 Å². The summed E-state index contributed by atoms with van der Waals surface area (Å²) in [5.74, 6) is 1.67. The van der Waals surface area contributed by atoms with Gasteiger partial charge >= 0.3 is 0 Å². The molecular formula is C55H39N5O. The van der Waals surface area contributed by atoms with E-state index in [-0.39, 0.29) is 0 Å². The first-order chi connectivity index (χ1) is 30.2.